The van der Waals surface area contributed by atoms with Crippen molar-refractivity contribution in [2.45, 2.75) is 52.0 Å². The maximum Gasteiger partial charge on any atom is 0.573 e. The number of imidazole rings is 1. The van der Waals surface area contributed by atoms with E-state index in [1.807, 2.05) is 29.7 Å². The molecule has 1 aliphatic heterocycles. The largest absolute Gasteiger partial charge is 0.573 e. The number of hydrogen-bond donors (Lipinski definition) is 1. The van der Waals surface area contributed by atoms with Gasteiger partial charge in [-0.25, -0.2) is 22.7 Å². The fourth-order valence-corrected chi connectivity index (χ4v) is 6.99. The minimum absolute atomic E-state index is 0.100. The number of pyridine rings is 1. The summed E-state index contributed by atoms with van der Waals surface area (Å²) < 4.78 is 73.0. The van der Waals surface area contributed by atoms with Crippen molar-refractivity contribution in [3.05, 3.63) is 58.4 Å². The Labute approximate surface area is 234 Å². The highest BCUT2D eigenvalue weighted by Crippen LogP contribution is 2.43. The summed E-state index contributed by atoms with van der Waals surface area (Å²) in [5.41, 5.74) is 3.71. The van der Waals surface area contributed by atoms with E-state index in [2.05, 4.69) is 9.72 Å². The standard InChI is InChI=1S/C27H29F3N4O4S2/c1-4-22-24(34-14-18(5-8-23(34)32-22)17-9-11-33(12-10-17)40(3,36)37)21-7-6-20(26-31-13-19(15-35)39-26)16(2)25(21)38-27(28,29)30/h5-8,13-14,17,35H,4,9-12,15H2,1-3H3. The molecular formula is C27H29F3N4O4S2. The number of aromatic nitrogens is 3. The SMILES string of the molecule is CCc1nc2ccc(C3CCN(S(C)(=O)=O)CC3)cn2c1-c1ccc(-c2ncc(CO)s2)c(C)c1OC(F)(F)F. The molecular weight excluding hydrogens is 565 g/mol. The summed E-state index contributed by atoms with van der Waals surface area (Å²) in [6.45, 7) is 4.08. The number of fused-ring (bicyclic) bond motifs is 1. The summed E-state index contributed by atoms with van der Waals surface area (Å²) in [4.78, 5) is 9.58. The average Bonchev–Trinajstić information content (AvgIpc) is 3.53. The van der Waals surface area contributed by atoms with Crippen molar-refractivity contribution in [1.29, 1.82) is 0 Å². The number of ether oxygens (including phenoxy) is 1. The lowest BCUT2D eigenvalue weighted by Gasteiger charge is -2.30. The Balaban J connectivity index is 1.63. The first-order chi connectivity index (χ1) is 18.9. The second kappa shape index (κ2) is 10.8. The Morgan fingerprint density at radius 2 is 1.85 bits per heavy atom. The molecule has 0 spiro atoms. The van der Waals surface area contributed by atoms with Gasteiger partial charge < -0.3 is 9.84 Å². The summed E-state index contributed by atoms with van der Waals surface area (Å²) in [6, 6.07) is 7.12. The Bertz CT molecular complexity index is 1660. The zero-order chi connectivity index (χ0) is 28.8. The van der Waals surface area contributed by atoms with Crippen LogP contribution in [0, 0.1) is 6.92 Å². The van der Waals surface area contributed by atoms with Gasteiger partial charge in [0.25, 0.3) is 0 Å². The lowest BCUT2D eigenvalue weighted by molar-refractivity contribution is -0.274. The van der Waals surface area contributed by atoms with Crippen molar-refractivity contribution in [3.8, 4) is 27.6 Å². The Morgan fingerprint density at radius 3 is 2.45 bits per heavy atom. The number of nitrogens with zero attached hydrogens (tertiary/aromatic N) is 4. The van der Waals surface area contributed by atoms with Crippen molar-refractivity contribution < 1.29 is 31.4 Å². The number of halogens is 3. The van der Waals surface area contributed by atoms with Gasteiger partial charge in [-0.2, -0.15) is 0 Å². The van der Waals surface area contributed by atoms with Gasteiger partial charge >= 0.3 is 6.36 Å². The summed E-state index contributed by atoms with van der Waals surface area (Å²) >= 11 is 1.20. The molecule has 8 nitrogen and oxygen atoms in total. The number of piperidine rings is 1. The Hall–Kier alpha value is -3.00. The molecule has 5 rings (SSSR count). The van der Waals surface area contributed by atoms with Gasteiger partial charge in [0.15, 0.2) is 0 Å². The van der Waals surface area contributed by atoms with E-state index in [9.17, 15) is 26.7 Å². The van der Waals surface area contributed by atoms with E-state index in [1.54, 1.807) is 19.1 Å². The van der Waals surface area contributed by atoms with Crippen LogP contribution in [0.25, 0.3) is 27.5 Å². The molecule has 1 N–H and O–H groups in total. The topological polar surface area (TPSA) is 97.0 Å². The third kappa shape index (κ3) is 5.60. The van der Waals surface area contributed by atoms with E-state index < -0.39 is 16.4 Å². The smallest absolute Gasteiger partial charge is 0.405 e. The van der Waals surface area contributed by atoms with Crippen LogP contribution >= 0.6 is 11.3 Å². The van der Waals surface area contributed by atoms with Crippen LogP contribution in [0.15, 0.2) is 36.7 Å². The van der Waals surface area contributed by atoms with Gasteiger partial charge in [0.2, 0.25) is 10.0 Å². The first-order valence-corrected chi connectivity index (χ1v) is 15.5. The number of rotatable bonds is 7. The van der Waals surface area contributed by atoms with E-state index in [0.717, 1.165) is 5.56 Å². The van der Waals surface area contributed by atoms with Crippen molar-refractivity contribution >= 4 is 27.0 Å². The van der Waals surface area contributed by atoms with Crippen molar-refractivity contribution in [3.63, 3.8) is 0 Å². The Morgan fingerprint density at radius 1 is 1.15 bits per heavy atom. The lowest BCUT2D eigenvalue weighted by Crippen LogP contribution is -2.37. The van der Waals surface area contributed by atoms with Gasteiger partial charge in [0.1, 0.15) is 16.4 Å². The predicted molar refractivity (Wildman–Crippen MR) is 147 cm³/mol. The number of thiazole rings is 1. The van der Waals surface area contributed by atoms with E-state index in [0.29, 0.717) is 64.8 Å². The van der Waals surface area contributed by atoms with Gasteiger partial charge in [-0.05, 0) is 49.8 Å². The molecule has 0 saturated carbocycles. The lowest BCUT2D eigenvalue weighted by atomic mass is 9.91. The van der Waals surface area contributed by atoms with Crippen LogP contribution in [-0.4, -0.2) is 57.9 Å². The van der Waals surface area contributed by atoms with E-state index in [-0.39, 0.29) is 29.4 Å². The number of hydrogen-bond acceptors (Lipinski definition) is 7. The van der Waals surface area contributed by atoms with Crippen LogP contribution < -0.4 is 4.74 Å². The van der Waals surface area contributed by atoms with Crippen LogP contribution in [-0.2, 0) is 23.1 Å². The molecule has 0 aliphatic carbocycles. The highest BCUT2D eigenvalue weighted by atomic mass is 32.2. The zero-order valence-electron chi connectivity index (χ0n) is 22.2. The van der Waals surface area contributed by atoms with Crippen LogP contribution in [0.2, 0.25) is 0 Å². The molecule has 0 radical (unpaired) electrons. The third-order valence-corrected chi connectivity index (χ3v) is 9.58. The molecule has 4 heterocycles. The number of aliphatic hydroxyl groups excluding tert-OH is 1. The normalized spacial score (nSPS) is 15.7. The summed E-state index contributed by atoms with van der Waals surface area (Å²) in [7, 11) is -3.26. The predicted octanol–water partition coefficient (Wildman–Crippen LogP) is 5.53. The highest BCUT2D eigenvalue weighted by Gasteiger charge is 2.35. The van der Waals surface area contributed by atoms with Crippen LogP contribution in [0.1, 0.15) is 47.4 Å². The first-order valence-electron chi connectivity index (χ1n) is 12.8. The summed E-state index contributed by atoms with van der Waals surface area (Å²) in [5.74, 6) is -0.225. The molecule has 3 aromatic heterocycles. The first kappa shape index (κ1) is 28.5. The quantitative estimate of drug-likeness (QED) is 0.303. The number of alkyl halides is 3. The second-order valence-electron chi connectivity index (χ2n) is 9.84. The Kier molecular flexibility index (Phi) is 7.68. The molecule has 214 valence electrons. The van der Waals surface area contributed by atoms with Gasteiger partial charge in [0.05, 0.1) is 29.1 Å². The molecule has 0 amide bonds. The minimum Gasteiger partial charge on any atom is -0.405 e. The fraction of sp³-hybridized carbons (Fsp3) is 0.407. The molecule has 40 heavy (non-hydrogen) atoms. The summed E-state index contributed by atoms with van der Waals surface area (Å²) in [5, 5.41) is 9.91. The second-order valence-corrected chi connectivity index (χ2v) is 12.9. The zero-order valence-corrected chi connectivity index (χ0v) is 23.8. The molecule has 1 aliphatic rings. The number of aryl methyl sites for hydroxylation is 1. The minimum atomic E-state index is -4.93. The number of aliphatic hydroxyl groups is 1. The number of sulfonamides is 1. The summed E-state index contributed by atoms with van der Waals surface area (Å²) in [6.07, 6.45) is 1.44. The molecule has 0 bridgehead atoms. The van der Waals surface area contributed by atoms with Gasteiger partial charge in [-0.15, -0.1) is 24.5 Å². The molecule has 1 saturated heterocycles. The van der Waals surface area contributed by atoms with Crippen molar-refractivity contribution in [1.82, 2.24) is 18.7 Å². The molecule has 1 fully saturated rings. The molecule has 13 heteroatoms. The number of benzene rings is 1. The molecule has 0 unspecified atom stereocenters. The molecule has 4 aromatic rings. The monoisotopic (exact) mass is 594 g/mol. The van der Waals surface area contributed by atoms with Crippen LogP contribution in [0.3, 0.4) is 0 Å². The highest BCUT2D eigenvalue weighted by molar-refractivity contribution is 7.88. The average molecular weight is 595 g/mol. The maximum absolute atomic E-state index is 13.7. The van der Waals surface area contributed by atoms with Crippen molar-refractivity contribution in [2.24, 2.45) is 0 Å². The van der Waals surface area contributed by atoms with E-state index in [4.69, 9.17) is 4.98 Å². The molecule has 0 atom stereocenters. The van der Waals surface area contributed by atoms with Crippen LogP contribution in [0.5, 0.6) is 5.75 Å². The van der Waals surface area contributed by atoms with E-state index >= 15 is 0 Å². The van der Waals surface area contributed by atoms with Crippen molar-refractivity contribution in [2.75, 3.05) is 19.3 Å². The van der Waals surface area contributed by atoms with Crippen LogP contribution in [0.4, 0.5) is 13.2 Å². The third-order valence-electron chi connectivity index (χ3n) is 7.26. The van der Waals surface area contributed by atoms with Gasteiger partial charge in [0, 0.05) is 42.2 Å². The molecule has 1 aromatic carbocycles. The van der Waals surface area contributed by atoms with E-state index in [1.165, 1.54) is 28.1 Å². The maximum atomic E-state index is 13.7. The van der Waals surface area contributed by atoms with Gasteiger partial charge in [-0.3, -0.25) is 4.40 Å². The van der Waals surface area contributed by atoms with Gasteiger partial charge in [-0.1, -0.05) is 19.1 Å². The fourth-order valence-electron chi connectivity index (χ4n) is 5.27.